The minimum Gasteiger partial charge on any atom is -0.497 e. The van der Waals surface area contributed by atoms with Crippen LogP contribution in [0.2, 0.25) is 0 Å². The van der Waals surface area contributed by atoms with Crippen LogP contribution in [0.4, 0.5) is 17.4 Å². The molecule has 0 aliphatic carbocycles. The minimum atomic E-state index is -1.06. The van der Waals surface area contributed by atoms with E-state index in [1.165, 1.54) is 29.2 Å². The third-order valence-electron chi connectivity index (χ3n) is 6.74. The van der Waals surface area contributed by atoms with Crippen LogP contribution in [0.25, 0.3) is 11.1 Å². The van der Waals surface area contributed by atoms with Crippen LogP contribution in [-0.2, 0) is 22.4 Å². The van der Waals surface area contributed by atoms with Crippen LogP contribution in [0, 0.1) is 0 Å². The molecule has 1 heterocycles. The molecular weight excluding hydrogens is 548 g/mol. The molecule has 5 aromatic rings. The predicted octanol–water partition coefficient (Wildman–Crippen LogP) is 5.53. The van der Waals surface area contributed by atoms with Gasteiger partial charge in [0.15, 0.2) is 5.58 Å². The molecule has 218 valence electrons. The second-order valence-electron chi connectivity index (χ2n) is 9.84. The Bertz CT molecular complexity index is 1730. The number of nitrogens with zero attached hydrogens (tertiary/aromatic N) is 2. The molecule has 0 spiro atoms. The third-order valence-corrected chi connectivity index (χ3v) is 6.74. The number of fused-ring (bicyclic) bond motifs is 1. The molecule has 43 heavy (non-hydrogen) atoms. The molecule has 1 aromatic heterocycles. The van der Waals surface area contributed by atoms with Crippen molar-refractivity contribution in [3.05, 3.63) is 114 Å². The Morgan fingerprint density at radius 1 is 0.884 bits per heavy atom. The molecule has 0 aliphatic heterocycles. The van der Waals surface area contributed by atoms with Gasteiger partial charge in [-0.05, 0) is 78.2 Å². The predicted molar refractivity (Wildman–Crippen MR) is 163 cm³/mol. The van der Waals surface area contributed by atoms with Gasteiger partial charge in [-0.15, -0.1) is 0 Å². The fraction of sp³-hybridized carbons (Fsp3) is 0.152. The SMILES string of the molecule is COc1cccc(CCN(CC(=O)Nc2ccc(C(=O)O)cc2)C(=O)Cc2ccc3nc(Nc4ccccc4)oc3c2)c1. The Hall–Kier alpha value is -5.64. The Morgan fingerprint density at radius 2 is 1.67 bits per heavy atom. The van der Waals surface area contributed by atoms with E-state index in [9.17, 15) is 14.4 Å². The van der Waals surface area contributed by atoms with Crippen molar-refractivity contribution >= 4 is 46.3 Å². The number of anilines is 3. The number of oxazole rings is 1. The van der Waals surface area contributed by atoms with Gasteiger partial charge in [-0.2, -0.15) is 4.98 Å². The Labute approximate surface area is 247 Å². The highest BCUT2D eigenvalue weighted by atomic mass is 16.5. The van der Waals surface area contributed by atoms with Crippen LogP contribution in [0.15, 0.2) is 101 Å². The summed E-state index contributed by atoms with van der Waals surface area (Å²) in [6, 6.07) is 28.7. The van der Waals surface area contributed by atoms with Gasteiger partial charge in [0.05, 0.1) is 25.6 Å². The van der Waals surface area contributed by atoms with Crippen molar-refractivity contribution in [2.24, 2.45) is 0 Å². The summed E-state index contributed by atoms with van der Waals surface area (Å²) in [5, 5.41) is 15.0. The molecule has 4 aromatic carbocycles. The summed E-state index contributed by atoms with van der Waals surface area (Å²) in [6.07, 6.45) is 0.565. The van der Waals surface area contributed by atoms with Crippen molar-refractivity contribution in [1.82, 2.24) is 9.88 Å². The molecule has 3 N–H and O–H groups in total. The van der Waals surface area contributed by atoms with Crippen molar-refractivity contribution in [2.75, 3.05) is 30.8 Å². The fourth-order valence-corrected chi connectivity index (χ4v) is 4.52. The summed E-state index contributed by atoms with van der Waals surface area (Å²) >= 11 is 0. The quantitative estimate of drug-likeness (QED) is 0.176. The Balaban J connectivity index is 1.29. The summed E-state index contributed by atoms with van der Waals surface area (Å²) in [4.78, 5) is 43.6. The average Bonchev–Trinajstić information content (AvgIpc) is 3.41. The molecule has 0 saturated heterocycles. The first-order chi connectivity index (χ1) is 20.9. The Morgan fingerprint density at radius 3 is 2.42 bits per heavy atom. The molecule has 0 aliphatic rings. The zero-order valence-electron chi connectivity index (χ0n) is 23.4. The summed E-state index contributed by atoms with van der Waals surface area (Å²) in [6.45, 7) is 0.117. The minimum absolute atomic E-state index is 0.0524. The zero-order valence-corrected chi connectivity index (χ0v) is 23.4. The van der Waals surface area contributed by atoms with Gasteiger partial charge in [-0.1, -0.05) is 36.4 Å². The Kier molecular flexibility index (Phi) is 8.96. The first kappa shape index (κ1) is 28.9. The first-order valence-corrected chi connectivity index (χ1v) is 13.6. The lowest BCUT2D eigenvalue weighted by atomic mass is 10.1. The molecule has 0 bridgehead atoms. The van der Waals surface area contributed by atoms with Crippen molar-refractivity contribution in [3.8, 4) is 5.75 Å². The van der Waals surface area contributed by atoms with E-state index in [1.807, 2.05) is 60.7 Å². The number of ether oxygens (including phenoxy) is 1. The molecule has 0 atom stereocenters. The summed E-state index contributed by atoms with van der Waals surface area (Å²) in [7, 11) is 1.59. The molecule has 10 nitrogen and oxygen atoms in total. The lowest BCUT2D eigenvalue weighted by Gasteiger charge is -2.23. The van der Waals surface area contributed by atoms with E-state index >= 15 is 0 Å². The maximum atomic E-state index is 13.5. The van der Waals surface area contributed by atoms with E-state index in [0.717, 1.165) is 16.8 Å². The van der Waals surface area contributed by atoms with Crippen LogP contribution >= 0.6 is 0 Å². The van der Waals surface area contributed by atoms with Gasteiger partial charge in [0.2, 0.25) is 11.8 Å². The number of carboxylic acid groups (broad SMARTS) is 1. The number of aromatic nitrogens is 1. The van der Waals surface area contributed by atoms with E-state index in [2.05, 4.69) is 15.6 Å². The second-order valence-corrected chi connectivity index (χ2v) is 9.84. The molecule has 0 unspecified atom stereocenters. The number of benzene rings is 4. The van der Waals surface area contributed by atoms with E-state index < -0.39 is 11.9 Å². The monoisotopic (exact) mass is 578 g/mol. The van der Waals surface area contributed by atoms with Crippen LogP contribution < -0.4 is 15.4 Å². The lowest BCUT2D eigenvalue weighted by molar-refractivity contribution is -0.134. The maximum Gasteiger partial charge on any atom is 0.335 e. The smallest absolute Gasteiger partial charge is 0.335 e. The topological polar surface area (TPSA) is 134 Å². The van der Waals surface area contributed by atoms with Gasteiger partial charge < -0.3 is 29.8 Å². The zero-order chi connectivity index (χ0) is 30.2. The van der Waals surface area contributed by atoms with Crippen molar-refractivity contribution < 1.29 is 28.6 Å². The number of rotatable bonds is 12. The maximum absolute atomic E-state index is 13.5. The number of hydrogen-bond donors (Lipinski definition) is 3. The highest BCUT2D eigenvalue weighted by Gasteiger charge is 2.19. The molecule has 5 rings (SSSR count). The van der Waals surface area contributed by atoms with E-state index in [-0.39, 0.29) is 24.4 Å². The number of para-hydroxylation sites is 1. The molecule has 0 saturated carbocycles. The number of aromatic carboxylic acids is 1. The second kappa shape index (κ2) is 13.3. The van der Waals surface area contributed by atoms with Gasteiger partial charge in [-0.3, -0.25) is 9.59 Å². The number of hydrogen-bond acceptors (Lipinski definition) is 7. The largest absolute Gasteiger partial charge is 0.497 e. The van der Waals surface area contributed by atoms with Gasteiger partial charge in [0.25, 0.3) is 6.01 Å². The van der Waals surface area contributed by atoms with Crippen LogP contribution in [0.1, 0.15) is 21.5 Å². The number of methoxy groups -OCH3 is 1. The summed E-state index contributed by atoms with van der Waals surface area (Å²) in [5.74, 6) is -0.982. The molecule has 0 radical (unpaired) electrons. The van der Waals surface area contributed by atoms with Crippen molar-refractivity contribution in [1.29, 1.82) is 0 Å². The third kappa shape index (κ3) is 7.76. The molecular formula is C33H30N4O6. The van der Waals surface area contributed by atoms with Gasteiger partial charge in [0.1, 0.15) is 11.3 Å². The number of carbonyl (C=O) groups is 3. The number of carbonyl (C=O) groups excluding carboxylic acids is 2. The molecule has 2 amide bonds. The average molecular weight is 579 g/mol. The van der Waals surface area contributed by atoms with Crippen LogP contribution in [-0.4, -0.2) is 53.0 Å². The summed E-state index contributed by atoms with van der Waals surface area (Å²) < 4.78 is 11.2. The molecule has 0 fully saturated rings. The van der Waals surface area contributed by atoms with Crippen LogP contribution in [0.3, 0.4) is 0 Å². The first-order valence-electron chi connectivity index (χ1n) is 13.6. The van der Waals surface area contributed by atoms with Gasteiger partial charge in [-0.25, -0.2) is 4.79 Å². The van der Waals surface area contributed by atoms with E-state index in [0.29, 0.717) is 41.5 Å². The normalized spacial score (nSPS) is 10.7. The highest BCUT2D eigenvalue weighted by Crippen LogP contribution is 2.23. The van der Waals surface area contributed by atoms with Gasteiger partial charge in [0, 0.05) is 17.9 Å². The number of carboxylic acids is 1. The number of amides is 2. The highest BCUT2D eigenvalue weighted by molar-refractivity contribution is 5.95. The van der Waals surface area contributed by atoms with Crippen LogP contribution in [0.5, 0.6) is 5.75 Å². The van der Waals surface area contributed by atoms with Gasteiger partial charge >= 0.3 is 5.97 Å². The lowest BCUT2D eigenvalue weighted by Crippen LogP contribution is -2.40. The molecule has 10 heteroatoms. The summed E-state index contributed by atoms with van der Waals surface area (Å²) in [5.41, 5.74) is 4.25. The van der Waals surface area contributed by atoms with E-state index in [4.69, 9.17) is 14.3 Å². The van der Waals surface area contributed by atoms with Crippen molar-refractivity contribution in [2.45, 2.75) is 12.8 Å². The standard InChI is InChI=1S/C33H30N4O6/c1-42-27-9-5-6-22(18-27)16-17-37(21-30(38)34-26-13-11-24(12-14-26)32(40)41)31(39)20-23-10-15-28-29(19-23)43-33(36-28)35-25-7-3-2-4-8-25/h2-15,18-19H,16-17,20-21H2,1H3,(H,34,38)(H,35,36)(H,40,41). The fourth-order valence-electron chi connectivity index (χ4n) is 4.52. The van der Waals surface area contributed by atoms with Crippen molar-refractivity contribution in [3.63, 3.8) is 0 Å². The van der Waals surface area contributed by atoms with E-state index in [1.54, 1.807) is 19.2 Å². The number of nitrogens with one attached hydrogen (secondary N) is 2.